The van der Waals surface area contributed by atoms with E-state index in [1.165, 1.54) is 5.56 Å². The van der Waals surface area contributed by atoms with E-state index < -0.39 is 0 Å². The molecule has 1 aliphatic rings. The standard InChI is InChI=1S/C16H15NO2/c1-12(18)13-6-8-15(9-7-13)17-10-14-4-2-3-5-16(14)19-11-17/h2-9H,10-11H2,1H3. The molecule has 3 heteroatoms. The van der Waals surface area contributed by atoms with E-state index >= 15 is 0 Å². The van der Waals surface area contributed by atoms with Crippen molar-refractivity contribution in [3.8, 4) is 5.75 Å². The van der Waals surface area contributed by atoms with Gasteiger partial charge in [0, 0.05) is 23.4 Å². The van der Waals surface area contributed by atoms with Crippen LogP contribution in [0.2, 0.25) is 0 Å². The van der Waals surface area contributed by atoms with Gasteiger partial charge >= 0.3 is 0 Å². The Morgan fingerprint density at radius 3 is 2.58 bits per heavy atom. The first-order valence-corrected chi connectivity index (χ1v) is 6.31. The van der Waals surface area contributed by atoms with Crippen molar-refractivity contribution in [1.82, 2.24) is 0 Å². The van der Waals surface area contributed by atoms with E-state index in [4.69, 9.17) is 4.74 Å². The molecule has 3 rings (SSSR count). The lowest BCUT2D eigenvalue weighted by Gasteiger charge is -2.30. The second-order valence-corrected chi connectivity index (χ2v) is 4.68. The summed E-state index contributed by atoms with van der Waals surface area (Å²) in [5.74, 6) is 1.05. The maximum Gasteiger partial charge on any atom is 0.161 e. The highest BCUT2D eigenvalue weighted by atomic mass is 16.5. The largest absolute Gasteiger partial charge is 0.473 e. The van der Waals surface area contributed by atoms with Crippen LogP contribution in [0, 0.1) is 0 Å². The number of ketones is 1. The van der Waals surface area contributed by atoms with E-state index in [2.05, 4.69) is 11.0 Å². The summed E-state index contributed by atoms with van der Waals surface area (Å²) >= 11 is 0. The molecule has 0 atom stereocenters. The summed E-state index contributed by atoms with van der Waals surface area (Å²) in [6.07, 6.45) is 0. The molecule has 1 aliphatic heterocycles. The van der Waals surface area contributed by atoms with Crippen molar-refractivity contribution in [2.75, 3.05) is 11.6 Å². The third-order valence-corrected chi connectivity index (χ3v) is 3.35. The number of hydrogen-bond acceptors (Lipinski definition) is 3. The fraction of sp³-hybridized carbons (Fsp3) is 0.188. The lowest BCUT2D eigenvalue weighted by atomic mass is 10.1. The van der Waals surface area contributed by atoms with Crippen LogP contribution in [0.5, 0.6) is 5.75 Å². The maximum absolute atomic E-state index is 11.3. The summed E-state index contributed by atoms with van der Waals surface area (Å²) in [6, 6.07) is 15.7. The van der Waals surface area contributed by atoms with Crippen molar-refractivity contribution >= 4 is 11.5 Å². The Balaban J connectivity index is 1.83. The van der Waals surface area contributed by atoms with Gasteiger partial charge in [0.05, 0.1) is 0 Å². The van der Waals surface area contributed by atoms with Gasteiger partial charge in [0.2, 0.25) is 0 Å². The summed E-state index contributed by atoms with van der Waals surface area (Å²) in [7, 11) is 0. The maximum atomic E-state index is 11.3. The summed E-state index contributed by atoms with van der Waals surface area (Å²) in [5.41, 5.74) is 2.99. The lowest BCUT2D eigenvalue weighted by molar-refractivity contribution is 0.101. The number of para-hydroxylation sites is 1. The molecule has 3 nitrogen and oxygen atoms in total. The van der Waals surface area contributed by atoms with Gasteiger partial charge in [-0.1, -0.05) is 18.2 Å². The Kier molecular flexibility index (Phi) is 2.95. The minimum atomic E-state index is 0.0896. The van der Waals surface area contributed by atoms with Gasteiger partial charge in [0.15, 0.2) is 12.5 Å². The van der Waals surface area contributed by atoms with E-state index in [1.807, 2.05) is 42.5 Å². The number of Topliss-reactive ketones (excluding diaryl/α,β-unsaturated/α-hetero) is 1. The van der Waals surface area contributed by atoms with E-state index in [0.29, 0.717) is 6.73 Å². The SMILES string of the molecule is CC(=O)c1ccc(N2COc3ccccc3C2)cc1. The van der Waals surface area contributed by atoms with E-state index in [9.17, 15) is 4.79 Å². The average Bonchev–Trinajstić information content (AvgIpc) is 2.47. The Labute approximate surface area is 112 Å². The van der Waals surface area contributed by atoms with Crippen LogP contribution in [0.1, 0.15) is 22.8 Å². The third-order valence-electron chi connectivity index (χ3n) is 3.35. The van der Waals surface area contributed by atoms with Crippen molar-refractivity contribution < 1.29 is 9.53 Å². The number of hydrogen-bond donors (Lipinski definition) is 0. The predicted octanol–water partition coefficient (Wildman–Crippen LogP) is 3.25. The second kappa shape index (κ2) is 4.76. The Bertz CT molecular complexity index is 604. The van der Waals surface area contributed by atoms with Gasteiger partial charge in [-0.05, 0) is 37.3 Å². The van der Waals surface area contributed by atoms with Crippen LogP contribution in [0.25, 0.3) is 0 Å². The van der Waals surface area contributed by atoms with Gasteiger partial charge < -0.3 is 9.64 Å². The summed E-state index contributed by atoms with van der Waals surface area (Å²) in [6.45, 7) is 2.95. The molecule has 0 unspecified atom stereocenters. The van der Waals surface area contributed by atoms with Gasteiger partial charge in [-0.2, -0.15) is 0 Å². The summed E-state index contributed by atoms with van der Waals surface area (Å²) in [4.78, 5) is 13.4. The third kappa shape index (κ3) is 2.32. The molecule has 1 heterocycles. The molecule has 0 aliphatic carbocycles. The zero-order valence-electron chi connectivity index (χ0n) is 10.8. The van der Waals surface area contributed by atoms with E-state index in [-0.39, 0.29) is 5.78 Å². The first-order valence-electron chi connectivity index (χ1n) is 6.31. The minimum absolute atomic E-state index is 0.0896. The number of anilines is 1. The number of ether oxygens (including phenoxy) is 1. The number of carbonyl (C=O) groups is 1. The van der Waals surface area contributed by atoms with Crippen LogP contribution in [-0.2, 0) is 6.54 Å². The smallest absolute Gasteiger partial charge is 0.161 e. The van der Waals surface area contributed by atoms with Crippen LogP contribution in [0.4, 0.5) is 5.69 Å². The van der Waals surface area contributed by atoms with Gasteiger partial charge in [0.1, 0.15) is 5.75 Å². The van der Waals surface area contributed by atoms with Gasteiger partial charge in [0.25, 0.3) is 0 Å². The van der Waals surface area contributed by atoms with Crippen molar-refractivity contribution in [1.29, 1.82) is 0 Å². The lowest BCUT2D eigenvalue weighted by Crippen LogP contribution is -2.31. The van der Waals surface area contributed by atoms with Gasteiger partial charge in [-0.15, -0.1) is 0 Å². The number of carbonyl (C=O) groups excluding carboxylic acids is 1. The monoisotopic (exact) mass is 253 g/mol. The van der Waals surface area contributed by atoms with E-state index in [0.717, 1.165) is 23.5 Å². The van der Waals surface area contributed by atoms with Crippen LogP contribution >= 0.6 is 0 Å². The fourth-order valence-electron chi connectivity index (χ4n) is 2.25. The average molecular weight is 253 g/mol. The first-order chi connectivity index (χ1) is 9.24. The topological polar surface area (TPSA) is 29.5 Å². The zero-order valence-corrected chi connectivity index (χ0v) is 10.8. The van der Waals surface area contributed by atoms with Crippen LogP contribution in [0.3, 0.4) is 0 Å². The fourth-order valence-corrected chi connectivity index (χ4v) is 2.25. The highest BCUT2D eigenvalue weighted by Gasteiger charge is 2.16. The highest BCUT2D eigenvalue weighted by Crippen LogP contribution is 2.27. The van der Waals surface area contributed by atoms with Gasteiger partial charge in [-0.3, -0.25) is 4.79 Å². The zero-order chi connectivity index (χ0) is 13.2. The molecule has 0 spiro atoms. The van der Waals surface area contributed by atoms with Crippen LogP contribution in [-0.4, -0.2) is 12.5 Å². The molecule has 0 saturated carbocycles. The molecule has 2 aromatic carbocycles. The Hall–Kier alpha value is -2.29. The molecule has 0 N–H and O–H groups in total. The van der Waals surface area contributed by atoms with Crippen molar-refractivity contribution in [3.05, 3.63) is 59.7 Å². The number of rotatable bonds is 2. The van der Waals surface area contributed by atoms with Crippen molar-refractivity contribution in [2.45, 2.75) is 13.5 Å². The van der Waals surface area contributed by atoms with Gasteiger partial charge in [-0.25, -0.2) is 0 Å². The molecule has 0 saturated heterocycles. The number of benzene rings is 2. The normalized spacial score (nSPS) is 13.6. The molecule has 19 heavy (non-hydrogen) atoms. The van der Waals surface area contributed by atoms with Crippen molar-refractivity contribution in [2.24, 2.45) is 0 Å². The predicted molar refractivity (Wildman–Crippen MR) is 74.6 cm³/mol. The quantitative estimate of drug-likeness (QED) is 0.769. The van der Waals surface area contributed by atoms with E-state index in [1.54, 1.807) is 6.92 Å². The molecule has 0 amide bonds. The molecular weight excluding hydrogens is 238 g/mol. The summed E-state index contributed by atoms with van der Waals surface area (Å²) in [5, 5.41) is 0. The molecule has 0 bridgehead atoms. The molecule has 0 fully saturated rings. The number of fused-ring (bicyclic) bond motifs is 1. The second-order valence-electron chi connectivity index (χ2n) is 4.68. The van der Waals surface area contributed by atoms with Crippen molar-refractivity contribution in [3.63, 3.8) is 0 Å². The molecule has 0 aromatic heterocycles. The molecular formula is C16H15NO2. The molecule has 2 aromatic rings. The highest BCUT2D eigenvalue weighted by molar-refractivity contribution is 5.94. The van der Waals surface area contributed by atoms with Crippen LogP contribution in [0.15, 0.2) is 48.5 Å². The first kappa shape index (κ1) is 11.8. The Morgan fingerprint density at radius 1 is 1.11 bits per heavy atom. The Morgan fingerprint density at radius 2 is 1.84 bits per heavy atom. The molecule has 96 valence electrons. The van der Waals surface area contributed by atoms with Crippen LogP contribution < -0.4 is 9.64 Å². The summed E-state index contributed by atoms with van der Waals surface area (Å²) < 4.78 is 5.73. The number of nitrogens with zero attached hydrogens (tertiary/aromatic N) is 1. The minimum Gasteiger partial charge on any atom is -0.473 e. The molecule has 0 radical (unpaired) electrons.